The minimum Gasteiger partial charge on any atom is -0.481 e. The molecular formula is C33H38F2N4O4. The van der Waals surface area contributed by atoms with E-state index in [0.717, 1.165) is 60.8 Å². The van der Waals surface area contributed by atoms with Crippen LogP contribution in [0.15, 0.2) is 65.7 Å². The van der Waals surface area contributed by atoms with E-state index in [1.54, 1.807) is 6.07 Å². The first-order valence-corrected chi connectivity index (χ1v) is 14.4. The van der Waals surface area contributed by atoms with Crippen molar-refractivity contribution in [3.63, 3.8) is 0 Å². The molecular weight excluding hydrogens is 554 g/mol. The summed E-state index contributed by atoms with van der Waals surface area (Å²) in [6, 6.07) is 18.3. The van der Waals surface area contributed by atoms with E-state index in [1.165, 1.54) is 29.8 Å². The summed E-state index contributed by atoms with van der Waals surface area (Å²) in [5, 5.41) is 19.3. The molecule has 2 aliphatic heterocycles. The zero-order valence-corrected chi connectivity index (χ0v) is 24.7. The molecule has 228 valence electrons. The number of nitrogens with zero attached hydrogens (tertiary/aromatic N) is 3. The first-order valence-electron chi connectivity index (χ1n) is 14.4. The van der Waals surface area contributed by atoms with Crippen LogP contribution in [0.2, 0.25) is 0 Å². The molecule has 0 radical (unpaired) electrons. The molecule has 1 saturated heterocycles. The van der Waals surface area contributed by atoms with Gasteiger partial charge in [-0.05, 0) is 73.3 Å². The van der Waals surface area contributed by atoms with Crippen LogP contribution in [0.5, 0.6) is 0 Å². The summed E-state index contributed by atoms with van der Waals surface area (Å²) in [4.78, 5) is 29.1. The first kappa shape index (κ1) is 31.6. The van der Waals surface area contributed by atoms with Gasteiger partial charge in [0.1, 0.15) is 17.5 Å². The second-order valence-electron chi connectivity index (χ2n) is 11.2. The number of aliphatic imine (C=N–C) groups is 1. The maximum Gasteiger partial charge on any atom is 0.303 e. The van der Waals surface area contributed by atoms with Gasteiger partial charge in [0.25, 0.3) is 0 Å². The summed E-state index contributed by atoms with van der Waals surface area (Å²) < 4.78 is 27.5. The van der Waals surface area contributed by atoms with Crippen LogP contribution in [0.25, 0.3) is 0 Å². The molecule has 3 aromatic carbocycles. The molecule has 0 saturated carbocycles. The van der Waals surface area contributed by atoms with Gasteiger partial charge in [-0.3, -0.25) is 14.5 Å². The number of amidine groups is 1. The smallest absolute Gasteiger partial charge is 0.303 e. The Kier molecular flexibility index (Phi) is 10.5. The zero-order chi connectivity index (χ0) is 31.1. The molecule has 0 bridgehead atoms. The van der Waals surface area contributed by atoms with Crippen molar-refractivity contribution in [2.45, 2.75) is 51.5 Å². The number of hydrogen-bond donors (Lipinski definition) is 3. The summed E-state index contributed by atoms with van der Waals surface area (Å²) in [6.45, 7) is 6.96. The molecule has 1 atom stereocenters. The third-order valence-corrected chi connectivity index (χ3v) is 7.72. The van der Waals surface area contributed by atoms with Crippen molar-refractivity contribution in [1.82, 2.24) is 9.80 Å². The minimum atomic E-state index is -1.08. The van der Waals surface area contributed by atoms with Crippen LogP contribution in [-0.2, 0) is 16.0 Å². The van der Waals surface area contributed by atoms with E-state index in [1.807, 2.05) is 12.1 Å². The number of nitrogens with one attached hydrogen (secondary N) is 1. The summed E-state index contributed by atoms with van der Waals surface area (Å²) in [5.74, 6) is -1.37. The average molecular weight is 593 g/mol. The standard InChI is InChI=1S/C29H32F2N4.C4H6O4/c1-19(2)21-7-12-26-25(16-21)29(33-28-17-23(31)10-13-27(28)32-26)35-15-14-34(3)24(18-35)11-6-20-4-8-22(30)9-5-20;5-3(6)1-2-4(7)8/h4-5,7-10,12-13,16-17,19,24,32H,6,11,14-15,18H2,1-3H3;1-2H2,(H,5,6)(H,7,8)/t24-;/m0./s1. The lowest BCUT2D eigenvalue weighted by molar-refractivity contribution is -0.143. The maximum absolute atomic E-state index is 14.2. The summed E-state index contributed by atoms with van der Waals surface area (Å²) in [7, 11) is 2.17. The number of halogens is 2. The van der Waals surface area contributed by atoms with Gasteiger partial charge in [0.05, 0.1) is 24.2 Å². The van der Waals surface area contributed by atoms with Crippen LogP contribution in [0.3, 0.4) is 0 Å². The molecule has 3 aromatic rings. The van der Waals surface area contributed by atoms with E-state index >= 15 is 0 Å². The maximum atomic E-state index is 14.2. The highest BCUT2D eigenvalue weighted by atomic mass is 19.1. The monoisotopic (exact) mass is 592 g/mol. The SMILES string of the molecule is CC(C)c1ccc2c(c1)C(N1CCN(C)[C@@H](CCc3ccc(F)cc3)C1)=Nc1cc(F)ccc1N2.O=C(O)CCC(=O)O. The zero-order valence-electron chi connectivity index (χ0n) is 24.7. The summed E-state index contributed by atoms with van der Waals surface area (Å²) in [5.41, 5.74) is 5.85. The second kappa shape index (κ2) is 14.2. The first-order chi connectivity index (χ1) is 20.5. The molecule has 8 nitrogen and oxygen atoms in total. The van der Waals surface area contributed by atoms with E-state index in [9.17, 15) is 18.4 Å². The number of fused-ring (bicyclic) bond motifs is 2. The van der Waals surface area contributed by atoms with Crippen molar-refractivity contribution in [2.24, 2.45) is 4.99 Å². The predicted octanol–water partition coefficient (Wildman–Crippen LogP) is 6.41. The quantitative estimate of drug-likeness (QED) is 0.291. The van der Waals surface area contributed by atoms with Crippen molar-refractivity contribution in [2.75, 3.05) is 32.0 Å². The Bertz CT molecular complexity index is 1460. The van der Waals surface area contributed by atoms with Crippen LogP contribution in [0, 0.1) is 11.6 Å². The fraction of sp³-hybridized carbons (Fsp3) is 0.364. The van der Waals surface area contributed by atoms with Crippen molar-refractivity contribution in [3.05, 3.63) is 89.0 Å². The largest absolute Gasteiger partial charge is 0.481 e. The van der Waals surface area contributed by atoms with Gasteiger partial charge in [0.2, 0.25) is 0 Å². The van der Waals surface area contributed by atoms with Crippen molar-refractivity contribution < 1.29 is 28.6 Å². The number of aliphatic carboxylic acids is 2. The third-order valence-electron chi connectivity index (χ3n) is 7.72. The van der Waals surface area contributed by atoms with Crippen molar-refractivity contribution in [3.8, 4) is 0 Å². The molecule has 5 rings (SSSR count). The fourth-order valence-corrected chi connectivity index (χ4v) is 5.13. The molecule has 0 aliphatic carbocycles. The van der Waals surface area contributed by atoms with E-state index in [0.29, 0.717) is 17.6 Å². The number of aryl methyl sites for hydroxylation is 1. The number of rotatable bonds is 7. The van der Waals surface area contributed by atoms with Gasteiger partial charge in [-0.25, -0.2) is 13.8 Å². The lowest BCUT2D eigenvalue weighted by Crippen LogP contribution is -2.53. The van der Waals surface area contributed by atoms with E-state index in [-0.39, 0.29) is 24.5 Å². The van der Waals surface area contributed by atoms with Crippen LogP contribution in [0.4, 0.5) is 25.8 Å². The highest BCUT2D eigenvalue weighted by Crippen LogP contribution is 2.37. The van der Waals surface area contributed by atoms with Gasteiger partial charge in [-0.2, -0.15) is 0 Å². The number of anilines is 2. The highest BCUT2D eigenvalue weighted by molar-refractivity contribution is 6.08. The molecule has 0 unspecified atom stereocenters. The van der Waals surface area contributed by atoms with Crippen LogP contribution in [0.1, 0.15) is 55.7 Å². The van der Waals surface area contributed by atoms with Crippen LogP contribution < -0.4 is 5.32 Å². The number of carbonyl (C=O) groups is 2. The number of piperazine rings is 1. The van der Waals surface area contributed by atoms with Gasteiger partial charge in [-0.1, -0.05) is 32.0 Å². The molecule has 0 amide bonds. The van der Waals surface area contributed by atoms with Gasteiger partial charge in [0, 0.05) is 43.0 Å². The number of carboxylic acids is 2. The lowest BCUT2D eigenvalue weighted by atomic mass is 9.97. The molecule has 0 aromatic heterocycles. The Morgan fingerprint density at radius 2 is 1.58 bits per heavy atom. The Hall–Kier alpha value is -4.31. The highest BCUT2D eigenvalue weighted by Gasteiger charge is 2.29. The predicted molar refractivity (Wildman–Crippen MR) is 164 cm³/mol. The van der Waals surface area contributed by atoms with E-state index in [2.05, 4.69) is 54.2 Å². The Morgan fingerprint density at radius 1 is 0.930 bits per heavy atom. The van der Waals surface area contributed by atoms with Gasteiger partial charge in [0.15, 0.2) is 0 Å². The topological polar surface area (TPSA) is 105 Å². The van der Waals surface area contributed by atoms with Gasteiger partial charge in [-0.15, -0.1) is 0 Å². The number of carboxylic acid groups (broad SMARTS) is 2. The Morgan fingerprint density at radius 3 is 2.23 bits per heavy atom. The Balaban J connectivity index is 0.000000467. The molecule has 2 aliphatic rings. The molecule has 0 spiro atoms. The summed E-state index contributed by atoms with van der Waals surface area (Å²) >= 11 is 0. The fourth-order valence-electron chi connectivity index (χ4n) is 5.13. The lowest BCUT2D eigenvalue weighted by Gasteiger charge is -2.41. The van der Waals surface area contributed by atoms with Crippen molar-refractivity contribution in [1.29, 1.82) is 0 Å². The van der Waals surface area contributed by atoms with Crippen molar-refractivity contribution >= 4 is 34.8 Å². The molecule has 10 heteroatoms. The van der Waals surface area contributed by atoms with Crippen LogP contribution >= 0.6 is 0 Å². The van der Waals surface area contributed by atoms with E-state index < -0.39 is 11.9 Å². The normalized spacial score (nSPS) is 16.2. The van der Waals surface area contributed by atoms with E-state index in [4.69, 9.17) is 15.2 Å². The molecule has 1 fully saturated rings. The molecule has 2 heterocycles. The molecule has 43 heavy (non-hydrogen) atoms. The van der Waals surface area contributed by atoms with Gasteiger partial charge >= 0.3 is 11.9 Å². The number of hydrogen-bond acceptors (Lipinski definition) is 6. The number of benzene rings is 3. The number of likely N-dealkylation sites (N-methyl/N-ethyl adjacent to an activating group) is 1. The second-order valence-corrected chi connectivity index (χ2v) is 11.2. The van der Waals surface area contributed by atoms with Crippen LogP contribution in [-0.4, -0.2) is 70.5 Å². The summed E-state index contributed by atoms with van der Waals surface area (Å²) in [6.07, 6.45) is 1.26. The minimum absolute atomic E-state index is 0.203. The average Bonchev–Trinajstić information content (AvgIpc) is 3.13. The Labute approximate surface area is 250 Å². The third kappa shape index (κ3) is 8.61. The molecule has 3 N–H and O–H groups in total. The van der Waals surface area contributed by atoms with Gasteiger partial charge < -0.3 is 20.4 Å².